The van der Waals surface area contributed by atoms with Crippen LogP contribution < -0.4 is 9.64 Å². The number of nitro benzene ring substituents is 1. The number of rotatable bonds is 4. The Labute approximate surface area is 165 Å². The first-order valence-electron chi connectivity index (χ1n) is 8.67. The topological polar surface area (TPSA) is 85.6 Å². The zero-order chi connectivity index (χ0) is 19.8. The molecule has 28 heavy (non-hydrogen) atoms. The molecule has 0 bridgehead atoms. The molecule has 1 aliphatic heterocycles. The van der Waals surface area contributed by atoms with E-state index in [1.165, 1.54) is 12.1 Å². The van der Waals surface area contributed by atoms with Gasteiger partial charge in [-0.1, -0.05) is 12.1 Å². The number of aryl methyl sites for hydroxylation is 2. The molecule has 0 saturated heterocycles. The molecule has 1 aliphatic rings. The largest absolute Gasteiger partial charge is 0.482 e. The normalized spacial score (nSPS) is 13.2. The molecule has 2 heterocycles. The fraction of sp³-hybridized carbons (Fsp3) is 0.200. The molecule has 3 aromatic rings. The molecule has 142 valence electrons. The van der Waals surface area contributed by atoms with E-state index in [1.807, 2.05) is 32.0 Å². The van der Waals surface area contributed by atoms with E-state index in [4.69, 9.17) is 4.74 Å². The van der Waals surface area contributed by atoms with Gasteiger partial charge in [-0.3, -0.25) is 14.9 Å². The molecule has 0 N–H and O–H groups in total. The van der Waals surface area contributed by atoms with Gasteiger partial charge in [0.1, 0.15) is 5.75 Å². The average molecular weight is 395 g/mol. The Morgan fingerprint density at radius 1 is 1.21 bits per heavy atom. The van der Waals surface area contributed by atoms with Crippen LogP contribution in [0.1, 0.15) is 15.4 Å². The summed E-state index contributed by atoms with van der Waals surface area (Å²) in [5.74, 6) is 0.476. The van der Waals surface area contributed by atoms with Crippen LogP contribution in [-0.4, -0.2) is 22.4 Å². The van der Waals surface area contributed by atoms with Crippen molar-refractivity contribution in [1.29, 1.82) is 0 Å². The molecule has 8 heteroatoms. The number of ether oxygens (including phenoxy) is 1. The van der Waals surface area contributed by atoms with Gasteiger partial charge in [0, 0.05) is 22.6 Å². The molecule has 0 saturated carbocycles. The van der Waals surface area contributed by atoms with E-state index in [0.717, 1.165) is 26.7 Å². The smallest absolute Gasteiger partial charge is 0.269 e. The standard InChI is InChI=1S/C20H17N3O4S/c1-12-20(21-13(2)28-12)15-5-8-18-17(9-15)22(19(24)11-27-18)10-14-3-6-16(7-4-14)23(25)26/h3-9H,10-11H2,1-2H3. The summed E-state index contributed by atoms with van der Waals surface area (Å²) in [7, 11) is 0. The van der Waals surface area contributed by atoms with Crippen molar-refractivity contribution in [3.63, 3.8) is 0 Å². The second-order valence-corrected chi connectivity index (χ2v) is 7.92. The van der Waals surface area contributed by atoms with E-state index in [-0.39, 0.29) is 18.2 Å². The maximum Gasteiger partial charge on any atom is 0.269 e. The van der Waals surface area contributed by atoms with E-state index in [0.29, 0.717) is 18.0 Å². The van der Waals surface area contributed by atoms with Crippen molar-refractivity contribution in [3.8, 4) is 17.0 Å². The van der Waals surface area contributed by atoms with Gasteiger partial charge in [-0.05, 0) is 37.6 Å². The van der Waals surface area contributed by atoms with Crippen molar-refractivity contribution in [3.05, 3.63) is 68.0 Å². The maximum absolute atomic E-state index is 12.5. The van der Waals surface area contributed by atoms with Crippen LogP contribution in [0, 0.1) is 24.0 Å². The summed E-state index contributed by atoms with van der Waals surface area (Å²) in [6, 6.07) is 11.9. The molecule has 4 rings (SSSR count). The third-order valence-electron chi connectivity index (χ3n) is 4.57. The third-order valence-corrected chi connectivity index (χ3v) is 5.45. The quantitative estimate of drug-likeness (QED) is 0.487. The van der Waals surface area contributed by atoms with Gasteiger partial charge in [-0.2, -0.15) is 0 Å². The number of hydrogen-bond donors (Lipinski definition) is 0. The van der Waals surface area contributed by atoms with Gasteiger partial charge in [-0.25, -0.2) is 4.98 Å². The van der Waals surface area contributed by atoms with Crippen LogP contribution in [0.15, 0.2) is 42.5 Å². The number of nitro groups is 1. The molecule has 0 aliphatic carbocycles. The van der Waals surface area contributed by atoms with Crippen LogP contribution in [0.2, 0.25) is 0 Å². The molecule has 1 aromatic heterocycles. The lowest BCUT2D eigenvalue weighted by atomic mass is 10.1. The van der Waals surface area contributed by atoms with Crippen LogP contribution >= 0.6 is 11.3 Å². The number of carbonyl (C=O) groups excluding carboxylic acids is 1. The Morgan fingerprint density at radius 3 is 2.61 bits per heavy atom. The number of non-ortho nitro benzene ring substituents is 1. The Bertz CT molecular complexity index is 1080. The van der Waals surface area contributed by atoms with Gasteiger partial charge in [0.2, 0.25) is 0 Å². The van der Waals surface area contributed by atoms with Crippen molar-refractivity contribution in [2.24, 2.45) is 0 Å². The number of thiazole rings is 1. The van der Waals surface area contributed by atoms with Gasteiger partial charge in [0.15, 0.2) is 6.61 Å². The summed E-state index contributed by atoms with van der Waals surface area (Å²) >= 11 is 1.63. The van der Waals surface area contributed by atoms with Crippen molar-refractivity contribution >= 4 is 28.6 Å². The summed E-state index contributed by atoms with van der Waals surface area (Å²) in [5, 5.41) is 11.8. The van der Waals surface area contributed by atoms with Gasteiger partial charge in [-0.15, -0.1) is 11.3 Å². The number of amides is 1. The van der Waals surface area contributed by atoms with Gasteiger partial charge in [0.05, 0.1) is 27.9 Å². The molecule has 0 atom stereocenters. The monoisotopic (exact) mass is 395 g/mol. The lowest BCUT2D eigenvalue weighted by molar-refractivity contribution is -0.384. The van der Waals surface area contributed by atoms with E-state index in [1.54, 1.807) is 28.4 Å². The van der Waals surface area contributed by atoms with Crippen molar-refractivity contribution < 1.29 is 14.5 Å². The first-order valence-corrected chi connectivity index (χ1v) is 9.49. The third kappa shape index (κ3) is 3.34. The van der Waals surface area contributed by atoms with Gasteiger partial charge < -0.3 is 9.64 Å². The molecule has 0 fully saturated rings. The van der Waals surface area contributed by atoms with E-state index in [2.05, 4.69) is 4.98 Å². The fourth-order valence-electron chi connectivity index (χ4n) is 3.23. The highest BCUT2D eigenvalue weighted by Gasteiger charge is 2.26. The molecule has 1 amide bonds. The number of nitrogens with zero attached hydrogens (tertiary/aromatic N) is 3. The SMILES string of the molecule is Cc1nc(-c2ccc3c(c2)N(Cc2ccc([N+](=O)[O-])cc2)C(=O)CO3)c(C)s1. The Balaban J connectivity index is 1.69. The summed E-state index contributed by atoms with van der Waals surface area (Å²) in [4.78, 5) is 30.3. The lowest BCUT2D eigenvalue weighted by Gasteiger charge is -2.30. The highest BCUT2D eigenvalue weighted by atomic mass is 32.1. The Hall–Kier alpha value is -3.26. The number of fused-ring (bicyclic) bond motifs is 1. The second kappa shape index (κ2) is 7.05. The lowest BCUT2D eigenvalue weighted by Crippen LogP contribution is -2.38. The van der Waals surface area contributed by atoms with E-state index >= 15 is 0 Å². The van der Waals surface area contributed by atoms with E-state index in [9.17, 15) is 14.9 Å². The summed E-state index contributed by atoms with van der Waals surface area (Å²) in [6.07, 6.45) is 0. The van der Waals surface area contributed by atoms with Crippen LogP contribution in [0.3, 0.4) is 0 Å². The molecule has 7 nitrogen and oxygen atoms in total. The average Bonchev–Trinajstić information content (AvgIpc) is 3.02. The van der Waals surface area contributed by atoms with Crippen molar-refractivity contribution in [2.75, 3.05) is 11.5 Å². The summed E-state index contributed by atoms with van der Waals surface area (Å²) < 4.78 is 5.58. The molecule has 0 unspecified atom stereocenters. The molecular formula is C20H17N3O4S. The number of aromatic nitrogens is 1. The zero-order valence-corrected chi connectivity index (χ0v) is 16.2. The molecule has 0 radical (unpaired) electrons. The highest BCUT2D eigenvalue weighted by Crippen LogP contribution is 2.38. The van der Waals surface area contributed by atoms with Gasteiger partial charge >= 0.3 is 0 Å². The minimum atomic E-state index is -0.441. The second-order valence-electron chi connectivity index (χ2n) is 6.51. The first kappa shape index (κ1) is 18.1. The Kier molecular flexibility index (Phi) is 4.56. The fourth-order valence-corrected chi connectivity index (χ4v) is 4.07. The predicted octanol–water partition coefficient (Wildman–Crippen LogP) is 4.26. The minimum Gasteiger partial charge on any atom is -0.482 e. The predicted molar refractivity (Wildman–Crippen MR) is 107 cm³/mol. The Morgan fingerprint density at radius 2 is 1.96 bits per heavy atom. The summed E-state index contributed by atoms with van der Waals surface area (Å²) in [6.45, 7) is 4.27. The van der Waals surface area contributed by atoms with Crippen molar-refractivity contribution in [2.45, 2.75) is 20.4 Å². The van der Waals surface area contributed by atoms with Crippen LogP contribution in [0.5, 0.6) is 5.75 Å². The minimum absolute atomic E-state index is 0.0223. The van der Waals surface area contributed by atoms with Gasteiger partial charge in [0.25, 0.3) is 11.6 Å². The zero-order valence-electron chi connectivity index (χ0n) is 15.3. The van der Waals surface area contributed by atoms with Crippen LogP contribution in [0.25, 0.3) is 11.3 Å². The van der Waals surface area contributed by atoms with Crippen LogP contribution in [0.4, 0.5) is 11.4 Å². The molecule has 0 spiro atoms. The molecular weight excluding hydrogens is 378 g/mol. The number of carbonyl (C=O) groups is 1. The molecule has 2 aromatic carbocycles. The van der Waals surface area contributed by atoms with E-state index < -0.39 is 4.92 Å². The first-order chi connectivity index (χ1) is 13.4. The highest BCUT2D eigenvalue weighted by molar-refractivity contribution is 7.11. The van der Waals surface area contributed by atoms with Crippen molar-refractivity contribution in [1.82, 2.24) is 4.98 Å². The number of anilines is 1. The number of benzene rings is 2. The number of hydrogen-bond acceptors (Lipinski definition) is 6. The maximum atomic E-state index is 12.5. The van der Waals surface area contributed by atoms with Crippen LogP contribution in [-0.2, 0) is 11.3 Å². The summed E-state index contributed by atoms with van der Waals surface area (Å²) in [5.41, 5.74) is 3.33.